The number of hydrogen-bond acceptors (Lipinski definition) is 6. The van der Waals surface area contributed by atoms with E-state index in [0.29, 0.717) is 23.6 Å². The Morgan fingerprint density at radius 3 is 2.77 bits per heavy atom. The first-order valence-electron chi connectivity index (χ1n) is 7.06. The molecule has 22 heavy (non-hydrogen) atoms. The van der Waals surface area contributed by atoms with E-state index in [4.69, 9.17) is 4.74 Å². The highest BCUT2D eigenvalue weighted by Crippen LogP contribution is 2.10. The van der Waals surface area contributed by atoms with Crippen molar-refractivity contribution in [3.05, 3.63) is 42.4 Å². The topological polar surface area (TPSA) is 89.0 Å². The molecule has 0 saturated carbocycles. The van der Waals surface area contributed by atoms with Gasteiger partial charge in [-0.1, -0.05) is 6.07 Å². The second kappa shape index (κ2) is 6.59. The fourth-order valence-corrected chi connectivity index (χ4v) is 2.37. The molecular formula is C15H17N5O2. The molecule has 7 nitrogen and oxygen atoms in total. The van der Waals surface area contributed by atoms with Gasteiger partial charge in [-0.2, -0.15) is 0 Å². The van der Waals surface area contributed by atoms with Gasteiger partial charge in [-0.25, -0.2) is 9.97 Å². The molecule has 1 aliphatic heterocycles. The van der Waals surface area contributed by atoms with Crippen molar-refractivity contribution in [2.24, 2.45) is 0 Å². The van der Waals surface area contributed by atoms with Gasteiger partial charge >= 0.3 is 0 Å². The van der Waals surface area contributed by atoms with Gasteiger partial charge in [0, 0.05) is 38.8 Å². The highest BCUT2D eigenvalue weighted by molar-refractivity contribution is 5.94. The Kier molecular flexibility index (Phi) is 4.36. The Morgan fingerprint density at radius 1 is 1.27 bits per heavy atom. The summed E-state index contributed by atoms with van der Waals surface area (Å²) in [4.78, 5) is 24.8. The molecule has 7 heteroatoms. The van der Waals surface area contributed by atoms with E-state index < -0.39 is 0 Å². The maximum atomic E-state index is 12.2. The van der Waals surface area contributed by atoms with Gasteiger partial charge in [0.2, 0.25) is 0 Å². The summed E-state index contributed by atoms with van der Waals surface area (Å²) in [6.45, 7) is 1.42. The van der Waals surface area contributed by atoms with Gasteiger partial charge in [0.15, 0.2) is 5.82 Å². The third kappa shape index (κ3) is 3.10. The van der Waals surface area contributed by atoms with Crippen LogP contribution in [-0.2, 0) is 4.74 Å². The minimum Gasteiger partial charge on any atom is -0.378 e. The molecule has 2 aromatic rings. The standard InChI is InChI=1S/C15H17N5O2/c1-22-13-9-16-8-12(13)20-15(21)10-6-18-14(19-7-10)11-4-2-3-5-17-11/h2-7,12-13,16H,8-9H2,1H3,(H,20,21)/t12-,13-/m0/s1. The summed E-state index contributed by atoms with van der Waals surface area (Å²) in [5.74, 6) is 0.290. The lowest BCUT2D eigenvalue weighted by molar-refractivity contribution is 0.0779. The molecule has 1 saturated heterocycles. The largest absolute Gasteiger partial charge is 0.378 e. The van der Waals surface area contributed by atoms with Crippen LogP contribution in [0.3, 0.4) is 0 Å². The van der Waals surface area contributed by atoms with E-state index in [2.05, 4.69) is 25.6 Å². The van der Waals surface area contributed by atoms with Crippen molar-refractivity contribution >= 4 is 5.91 Å². The van der Waals surface area contributed by atoms with Crippen LogP contribution >= 0.6 is 0 Å². The quantitative estimate of drug-likeness (QED) is 0.841. The van der Waals surface area contributed by atoms with Crippen molar-refractivity contribution < 1.29 is 9.53 Å². The number of aromatic nitrogens is 3. The first kappa shape index (κ1) is 14.6. The van der Waals surface area contributed by atoms with Gasteiger partial charge in [-0.15, -0.1) is 0 Å². The number of carbonyl (C=O) groups is 1. The smallest absolute Gasteiger partial charge is 0.254 e. The summed E-state index contributed by atoms with van der Waals surface area (Å²) in [6.07, 6.45) is 4.68. The summed E-state index contributed by atoms with van der Waals surface area (Å²) >= 11 is 0. The van der Waals surface area contributed by atoms with E-state index >= 15 is 0 Å². The second-order valence-electron chi connectivity index (χ2n) is 5.02. The van der Waals surface area contributed by atoms with E-state index in [1.165, 1.54) is 12.4 Å². The SMILES string of the molecule is CO[C@H]1CNC[C@@H]1NC(=O)c1cnc(-c2ccccn2)nc1. The molecule has 1 fully saturated rings. The van der Waals surface area contributed by atoms with Gasteiger partial charge in [0.25, 0.3) is 5.91 Å². The van der Waals surface area contributed by atoms with E-state index in [-0.39, 0.29) is 18.1 Å². The monoisotopic (exact) mass is 299 g/mol. The van der Waals surface area contributed by atoms with Crippen LogP contribution in [0, 0.1) is 0 Å². The minimum atomic E-state index is -0.205. The summed E-state index contributed by atoms with van der Waals surface area (Å²) in [7, 11) is 1.64. The molecule has 0 bridgehead atoms. The maximum absolute atomic E-state index is 12.2. The van der Waals surface area contributed by atoms with E-state index in [9.17, 15) is 4.79 Å². The van der Waals surface area contributed by atoms with E-state index in [1.807, 2.05) is 18.2 Å². The van der Waals surface area contributed by atoms with Crippen LogP contribution in [0.5, 0.6) is 0 Å². The molecule has 3 rings (SSSR count). The predicted molar refractivity (Wildman–Crippen MR) is 80.2 cm³/mol. The Balaban J connectivity index is 1.69. The number of rotatable bonds is 4. The first-order valence-corrected chi connectivity index (χ1v) is 7.06. The van der Waals surface area contributed by atoms with Crippen LogP contribution in [0.15, 0.2) is 36.8 Å². The summed E-state index contributed by atoms with van der Waals surface area (Å²) in [6, 6.07) is 5.47. The minimum absolute atomic E-state index is 0.0161. The average molecular weight is 299 g/mol. The molecule has 114 valence electrons. The van der Waals surface area contributed by atoms with Crippen LogP contribution in [-0.4, -0.2) is 53.2 Å². The summed E-state index contributed by atoms with van der Waals surface area (Å²) in [5, 5.41) is 6.11. The zero-order valence-electron chi connectivity index (χ0n) is 12.2. The molecule has 0 unspecified atom stereocenters. The molecule has 0 aromatic carbocycles. The number of nitrogens with one attached hydrogen (secondary N) is 2. The number of nitrogens with zero attached hydrogens (tertiary/aromatic N) is 3. The summed E-state index contributed by atoms with van der Waals surface area (Å²) in [5.41, 5.74) is 1.09. The molecule has 2 aromatic heterocycles. The third-order valence-electron chi connectivity index (χ3n) is 3.59. The normalized spacial score (nSPS) is 20.8. The zero-order chi connectivity index (χ0) is 15.4. The van der Waals surface area contributed by atoms with Crippen LogP contribution in [0.4, 0.5) is 0 Å². The Morgan fingerprint density at radius 2 is 2.09 bits per heavy atom. The Bertz CT molecular complexity index is 632. The number of pyridine rings is 1. The average Bonchev–Trinajstić information content (AvgIpc) is 3.03. The molecule has 3 heterocycles. The number of amides is 1. The Hall–Kier alpha value is -2.38. The third-order valence-corrected chi connectivity index (χ3v) is 3.59. The van der Waals surface area contributed by atoms with Crippen LogP contribution in [0.1, 0.15) is 10.4 Å². The van der Waals surface area contributed by atoms with Crippen LogP contribution < -0.4 is 10.6 Å². The van der Waals surface area contributed by atoms with Crippen LogP contribution in [0.25, 0.3) is 11.5 Å². The predicted octanol–water partition coefficient (Wildman–Crippen LogP) is 0.255. The van der Waals surface area contributed by atoms with Gasteiger partial charge in [-0.3, -0.25) is 9.78 Å². The number of carbonyl (C=O) groups excluding carboxylic acids is 1. The lowest BCUT2D eigenvalue weighted by Crippen LogP contribution is -2.43. The molecule has 0 aliphatic carbocycles. The maximum Gasteiger partial charge on any atom is 0.254 e. The fraction of sp³-hybridized carbons (Fsp3) is 0.333. The van der Waals surface area contributed by atoms with E-state index in [0.717, 1.165) is 6.54 Å². The lowest BCUT2D eigenvalue weighted by Gasteiger charge is -2.18. The van der Waals surface area contributed by atoms with Gasteiger partial charge in [0.05, 0.1) is 17.7 Å². The number of methoxy groups -OCH3 is 1. The highest BCUT2D eigenvalue weighted by Gasteiger charge is 2.28. The zero-order valence-corrected chi connectivity index (χ0v) is 12.2. The summed E-state index contributed by atoms with van der Waals surface area (Å²) < 4.78 is 5.32. The molecule has 1 aliphatic rings. The Labute approximate surface area is 128 Å². The van der Waals surface area contributed by atoms with Gasteiger partial charge in [0.1, 0.15) is 5.69 Å². The second-order valence-corrected chi connectivity index (χ2v) is 5.02. The fourth-order valence-electron chi connectivity index (χ4n) is 2.37. The van der Waals surface area contributed by atoms with Gasteiger partial charge in [-0.05, 0) is 12.1 Å². The number of hydrogen-bond donors (Lipinski definition) is 2. The molecule has 2 atom stereocenters. The van der Waals surface area contributed by atoms with Crippen molar-refractivity contribution in [2.75, 3.05) is 20.2 Å². The molecular weight excluding hydrogens is 282 g/mol. The number of ether oxygens (including phenoxy) is 1. The molecule has 1 amide bonds. The van der Waals surface area contributed by atoms with Crippen LogP contribution in [0.2, 0.25) is 0 Å². The highest BCUT2D eigenvalue weighted by atomic mass is 16.5. The molecule has 2 N–H and O–H groups in total. The van der Waals surface area contributed by atoms with Gasteiger partial charge < -0.3 is 15.4 Å². The van der Waals surface area contributed by atoms with Crippen molar-refractivity contribution in [3.8, 4) is 11.5 Å². The van der Waals surface area contributed by atoms with E-state index in [1.54, 1.807) is 13.3 Å². The van der Waals surface area contributed by atoms with Crippen molar-refractivity contribution in [1.82, 2.24) is 25.6 Å². The van der Waals surface area contributed by atoms with Crippen molar-refractivity contribution in [1.29, 1.82) is 0 Å². The first-order chi connectivity index (χ1) is 10.8. The molecule has 0 spiro atoms. The van der Waals surface area contributed by atoms with Crippen molar-refractivity contribution in [2.45, 2.75) is 12.1 Å². The lowest BCUT2D eigenvalue weighted by atomic mass is 10.2. The molecule has 0 radical (unpaired) electrons. The van der Waals surface area contributed by atoms with Crippen molar-refractivity contribution in [3.63, 3.8) is 0 Å².